The van der Waals surface area contributed by atoms with Crippen molar-refractivity contribution in [1.82, 2.24) is 4.90 Å². The zero-order chi connectivity index (χ0) is 16.7. The number of alkyl halides is 3. The first kappa shape index (κ1) is 17.3. The normalized spacial score (nSPS) is 19.6. The van der Waals surface area contributed by atoms with E-state index in [2.05, 4.69) is 15.9 Å². The molecule has 2 nitrogen and oxygen atoms in total. The van der Waals surface area contributed by atoms with E-state index in [-0.39, 0.29) is 6.54 Å². The number of rotatable bonds is 0. The standard InChI is InChI=1S/C16H19BrF3NO/c1-15(2,3)13-9-10-4-5-12(17)8-11(10)6-7-21(13)14(22)16(18,19)20/h4-5,8,13H,6-7,9H2,1-3H3/t13-/m0/s1. The number of carbonyl (C=O) groups excluding carboxylic acids is 1. The molecule has 1 atom stereocenters. The molecule has 0 N–H and O–H groups in total. The van der Waals surface area contributed by atoms with Gasteiger partial charge in [0.1, 0.15) is 0 Å². The van der Waals surface area contributed by atoms with Crippen LogP contribution in [0.2, 0.25) is 0 Å². The molecule has 0 spiro atoms. The highest BCUT2D eigenvalue weighted by atomic mass is 79.9. The first-order valence-electron chi connectivity index (χ1n) is 7.15. The first-order valence-corrected chi connectivity index (χ1v) is 7.94. The number of carbonyl (C=O) groups is 1. The van der Waals surface area contributed by atoms with Gasteiger partial charge in [-0.3, -0.25) is 4.79 Å². The Morgan fingerprint density at radius 2 is 1.86 bits per heavy atom. The minimum absolute atomic E-state index is 0.0870. The second-order valence-corrected chi connectivity index (χ2v) is 7.66. The molecule has 1 aliphatic heterocycles. The van der Waals surface area contributed by atoms with Crippen LogP contribution in [-0.2, 0) is 17.6 Å². The van der Waals surface area contributed by atoms with E-state index in [1.807, 2.05) is 39.0 Å². The summed E-state index contributed by atoms with van der Waals surface area (Å²) in [6.07, 6.45) is -3.96. The van der Waals surface area contributed by atoms with Crippen LogP contribution in [-0.4, -0.2) is 29.6 Å². The van der Waals surface area contributed by atoms with Crippen molar-refractivity contribution in [3.05, 3.63) is 33.8 Å². The second kappa shape index (κ2) is 5.87. The lowest BCUT2D eigenvalue weighted by Gasteiger charge is -2.39. The van der Waals surface area contributed by atoms with Crippen LogP contribution in [0.3, 0.4) is 0 Å². The van der Waals surface area contributed by atoms with Crippen molar-refractivity contribution in [2.45, 2.75) is 45.8 Å². The predicted molar refractivity (Wildman–Crippen MR) is 82.6 cm³/mol. The van der Waals surface area contributed by atoms with Crippen LogP contribution >= 0.6 is 15.9 Å². The molecular weight excluding hydrogens is 359 g/mol. The molecule has 1 aliphatic rings. The van der Waals surface area contributed by atoms with Gasteiger partial charge in [0.25, 0.3) is 0 Å². The van der Waals surface area contributed by atoms with Gasteiger partial charge in [-0.25, -0.2) is 0 Å². The van der Waals surface area contributed by atoms with Gasteiger partial charge in [0.15, 0.2) is 0 Å². The van der Waals surface area contributed by atoms with E-state index in [4.69, 9.17) is 0 Å². The first-order chi connectivity index (χ1) is 10.00. The van der Waals surface area contributed by atoms with E-state index in [9.17, 15) is 18.0 Å². The topological polar surface area (TPSA) is 20.3 Å². The fourth-order valence-corrected chi connectivity index (χ4v) is 3.33. The summed E-state index contributed by atoms with van der Waals surface area (Å²) < 4.78 is 39.7. The van der Waals surface area contributed by atoms with Crippen LogP contribution in [0, 0.1) is 5.41 Å². The van der Waals surface area contributed by atoms with Crippen LogP contribution in [0.4, 0.5) is 13.2 Å². The lowest BCUT2D eigenvalue weighted by atomic mass is 9.82. The SMILES string of the molecule is CC(C)(C)[C@@H]1Cc2ccc(Br)cc2CCN1C(=O)C(F)(F)F. The smallest absolute Gasteiger partial charge is 0.331 e. The van der Waals surface area contributed by atoms with Crippen molar-refractivity contribution in [2.75, 3.05) is 6.54 Å². The van der Waals surface area contributed by atoms with E-state index in [1.165, 1.54) is 0 Å². The molecule has 0 fully saturated rings. The zero-order valence-corrected chi connectivity index (χ0v) is 14.4. The number of hydrogen-bond acceptors (Lipinski definition) is 1. The minimum Gasteiger partial charge on any atom is -0.331 e. The van der Waals surface area contributed by atoms with Gasteiger partial charge in [-0.15, -0.1) is 0 Å². The van der Waals surface area contributed by atoms with Crippen LogP contribution in [0.15, 0.2) is 22.7 Å². The molecule has 0 saturated carbocycles. The van der Waals surface area contributed by atoms with Gasteiger partial charge in [0, 0.05) is 17.1 Å². The molecule has 1 heterocycles. The summed E-state index contributed by atoms with van der Waals surface area (Å²) in [7, 11) is 0. The number of benzene rings is 1. The molecule has 0 saturated heterocycles. The fourth-order valence-electron chi connectivity index (χ4n) is 2.92. The molecule has 0 radical (unpaired) electrons. The molecule has 1 amide bonds. The Morgan fingerprint density at radius 1 is 1.23 bits per heavy atom. The Hall–Kier alpha value is -1.04. The van der Waals surface area contributed by atoms with Crippen molar-refractivity contribution in [2.24, 2.45) is 5.41 Å². The van der Waals surface area contributed by atoms with E-state index in [0.717, 1.165) is 20.5 Å². The number of halogens is 4. The van der Waals surface area contributed by atoms with Crippen LogP contribution in [0.25, 0.3) is 0 Å². The molecule has 0 aliphatic carbocycles. The molecule has 1 aromatic carbocycles. The average Bonchev–Trinajstić information content (AvgIpc) is 2.55. The summed E-state index contributed by atoms with van der Waals surface area (Å²) in [4.78, 5) is 12.8. The molecule has 2 rings (SSSR count). The Morgan fingerprint density at radius 3 is 2.41 bits per heavy atom. The number of amides is 1. The van der Waals surface area contributed by atoms with Crippen molar-refractivity contribution in [1.29, 1.82) is 0 Å². The Kier molecular flexibility index (Phi) is 4.62. The lowest BCUT2D eigenvalue weighted by molar-refractivity contribution is -0.189. The van der Waals surface area contributed by atoms with Crippen molar-refractivity contribution >= 4 is 21.8 Å². The van der Waals surface area contributed by atoms with Crippen LogP contribution < -0.4 is 0 Å². The molecule has 0 unspecified atom stereocenters. The maximum Gasteiger partial charge on any atom is 0.471 e. The predicted octanol–water partition coefficient (Wildman–Crippen LogP) is 4.35. The molecule has 0 bridgehead atoms. The maximum atomic E-state index is 12.9. The summed E-state index contributed by atoms with van der Waals surface area (Å²) in [6.45, 7) is 5.71. The Balaban J connectivity index is 2.42. The third-order valence-electron chi connectivity index (χ3n) is 4.08. The average molecular weight is 378 g/mol. The quantitative estimate of drug-likeness (QED) is 0.657. The van der Waals surface area contributed by atoms with Gasteiger partial charge in [-0.2, -0.15) is 13.2 Å². The van der Waals surface area contributed by atoms with E-state index in [0.29, 0.717) is 12.8 Å². The number of hydrogen-bond donors (Lipinski definition) is 0. The van der Waals surface area contributed by atoms with E-state index >= 15 is 0 Å². The third-order valence-corrected chi connectivity index (χ3v) is 4.58. The lowest BCUT2D eigenvalue weighted by Crippen LogP contribution is -2.52. The minimum atomic E-state index is -4.83. The van der Waals surface area contributed by atoms with Crippen LogP contribution in [0.1, 0.15) is 31.9 Å². The van der Waals surface area contributed by atoms with Crippen molar-refractivity contribution < 1.29 is 18.0 Å². The number of nitrogens with zero attached hydrogens (tertiary/aromatic N) is 1. The fraction of sp³-hybridized carbons (Fsp3) is 0.562. The van der Waals surface area contributed by atoms with Crippen molar-refractivity contribution in [3.8, 4) is 0 Å². The van der Waals surface area contributed by atoms with Gasteiger partial charge in [-0.05, 0) is 41.5 Å². The Bertz CT molecular complexity index is 578. The molecule has 0 aromatic heterocycles. The van der Waals surface area contributed by atoms with Gasteiger partial charge in [-0.1, -0.05) is 42.8 Å². The summed E-state index contributed by atoms with van der Waals surface area (Å²) in [5, 5.41) is 0. The summed E-state index contributed by atoms with van der Waals surface area (Å²) in [5.41, 5.74) is 1.58. The molecular formula is C16H19BrF3NO. The molecule has 22 heavy (non-hydrogen) atoms. The summed E-state index contributed by atoms with van der Waals surface area (Å²) in [5.74, 6) is -1.74. The van der Waals surface area contributed by atoms with Gasteiger partial charge >= 0.3 is 12.1 Å². The Labute approximate surface area is 136 Å². The highest BCUT2D eigenvalue weighted by Gasteiger charge is 2.47. The monoisotopic (exact) mass is 377 g/mol. The highest BCUT2D eigenvalue weighted by molar-refractivity contribution is 9.10. The van der Waals surface area contributed by atoms with Crippen molar-refractivity contribution in [3.63, 3.8) is 0 Å². The second-order valence-electron chi connectivity index (χ2n) is 6.75. The zero-order valence-electron chi connectivity index (χ0n) is 12.8. The third kappa shape index (κ3) is 3.65. The van der Waals surface area contributed by atoms with Gasteiger partial charge in [0.2, 0.25) is 0 Å². The van der Waals surface area contributed by atoms with Gasteiger partial charge in [0.05, 0.1) is 0 Å². The molecule has 1 aromatic rings. The number of fused-ring (bicyclic) bond motifs is 1. The van der Waals surface area contributed by atoms with E-state index in [1.54, 1.807) is 0 Å². The van der Waals surface area contributed by atoms with Crippen LogP contribution in [0.5, 0.6) is 0 Å². The summed E-state index contributed by atoms with van der Waals surface area (Å²) in [6, 6.07) is 5.26. The van der Waals surface area contributed by atoms with E-state index < -0.39 is 23.5 Å². The van der Waals surface area contributed by atoms with Gasteiger partial charge < -0.3 is 4.90 Å². The highest BCUT2D eigenvalue weighted by Crippen LogP contribution is 2.34. The maximum absolute atomic E-state index is 12.9. The summed E-state index contributed by atoms with van der Waals surface area (Å²) >= 11 is 3.39. The largest absolute Gasteiger partial charge is 0.471 e. The molecule has 6 heteroatoms. The molecule has 122 valence electrons.